The molecule has 0 aliphatic carbocycles. The normalized spacial score (nSPS) is 11.2. The maximum atomic E-state index is 12.8. The van der Waals surface area contributed by atoms with Gasteiger partial charge in [0.1, 0.15) is 16.5 Å². The number of hydrogen-bond donors (Lipinski definition) is 1. The molecule has 0 radical (unpaired) electrons. The standard InChI is InChI=1S/C26H22N2O5S/c1-3-10-20-15-19(16-21(18-27)26(29)28-22-11-6-4-7-12-22)17-24(32-2)25(20)33-34(30,31)23-13-8-5-9-14-23/h3-9,11-17H,1,10H2,2H3,(H,28,29)/b21-16+. The summed E-state index contributed by atoms with van der Waals surface area (Å²) in [6, 6.07) is 21.5. The van der Waals surface area contributed by atoms with Gasteiger partial charge < -0.3 is 14.2 Å². The lowest BCUT2D eigenvalue weighted by Crippen LogP contribution is -2.13. The van der Waals surface area contributed by atoms with Crippen LogP contribution in [-0.4, -0.2) is 21.4 Å². The second-order valence-corrected chi connectivity index (χ2v) is 8.59. The second-order valence-electron chi connectivity index (χ2n) is 7.04. The molecule has 1 amide bonds. The molecule has 0 aromatic heterocycles. The van der Waals surface area contributed by atoms with Gasteiger partial charge in [0.15, 0.2) is 11.5 Å². The molecular formula is C26H22N2O5S. The molecule has 0 saturated carbocycles. The summed E-state index contributed by atoms with van der Waals surface area (Å²) < 4.78 is 36.4. The highest BCUT2D eigenvalue weighted by atomic mass is 32.2. The molecule has 0 saturated heterocycles. The number of nitrogens with zero attached hydrogens (tertiary/aromatic N) is 1. The van der Waals surface area contributed by atoms with Crippen LogP contribution >= 0.6 is 0 Å². The van der Waals surface area contributed by atoms with Crippen LogP contribution in [0.2, 0.25) is 0 Å². The van der Waals surface area contributed by atoms with E-state index >= 15 is 0 Å². The summed E-state index contributed by atoms with van der Waals surface area (Å²) in [6.45, 7) is 3.71. The predicted molar refractivity (Wildman–Crippen MR) is 130 cm³/mol. The van der Waals surface area contributed by atoms with Crippen LogP contribution in [0, 0.1) is 11.3 Å². The molecule has 172 valence electrons. The van der Waals surface area contributed by atoms with Crippen molar-refractivity contribution >= 4 is 27.8 Å². The van der Waals surface area contributed by atoms with Gasteiger partial charge in [0, 0.05) is 11.3 Å². The number of amides is 1. The summed E-state index contributed by atoms with van der Waals surface area (Å²) in [4.78, 5) is 12.6. The van der Waals surface area contributed by atoms with Gasteiger partial charge in [-0.1, -0.05) is 42.5 Å². The minimum atomic E-state index is -4.12. The number of nitrogens with one attached hydrogen (secondary N) is 1. The molecule has 0 bridgehead atoms. The van der Waals surface area contributed by atoms with E-state index < -0.39 is 16.0 Å². The van der Waals surface area contributed by atoms with Crippen LogP contribution in [0.3, 0.4) is 0 Å². The summed E-state index contributed by atoms with van der Waals surface area (Å²) >= 11 is 0. The quantitative estimate of drug-likeness (QED) is 0.208. The van der Waals surface area contributed by atoms with E-state index in [9.17, 15) is 18.5 Å². The number of ether oxygens (including phenoxy) is 1. The fraction of sp³-hybridized carbons (Fsp3) is 0.0769. The number of carbonyl (C=O) groups excluding carboxylic acids is 1. The highest BCUT2D eigenvalue weighted by Gasteiger charge is 2.22. The molecule has 0 spiro atoms. The molecule has 7 nitrogen and oxygen atoms in total. The zero-order chi connectivity index (χ0) is 24.6. The van der Waals surface area contributed by atoms with E-state index in [-0.39, 0.29) is 28.4 Å². The third-order valence-electron chi connectivity index (χ3n) is 4.67. The number of rotatable bonds is 9. The molecule has 3 aromatic rings. The van der Waals surface area contributed by atoms with Crippen molar-refractivity contribution in [3.63, 3.8) is 0 Å². The lowest BCUT2D eigenvalue weighted by Gasteiger charge is -2.15. The van der Waals surface area contributed by atoms with Crippen molar-refractivity contribution in [3.8, 4) is 17.6 Å². The molecule has 0 fully saturated rings. The van der Waals surface area contributed by atoms with Crippen molar-refractivity contribution in [2.75, 3.05) is 12.4 Å². The average Bonchev–Trinajstić information content (AvgIpc) is 2.85. The summed E-state index contributed by atoms with van der Waals surface area (Å²) in [5, 5.41) is 12.2. The predicted octanol–water partition coefficient (Wildman–Crippen LogP) is 4.74. The lowest BCUT2D eigenvalue weighted by molar-refractivity contribution is -0.112. The molecule has 0 unspecified atom stereocenters. The van der Waals surface area contributed by atoms with Gasteiger partial charge in [-0.05, 0) is 54.5 Å². The van der Waals surface area contributed by atoms with Crippen LogP contribution in [0.4, 0.5) is 5.69 Å². The lowest BCUT2D eigenvalue weighted by atomic mass is 10.0. The Balaban J connectivity index is 2.00. The number of nitriles is 1. The molecule has 34 heavy (non-hydrogen) atoms. The van der Waals surface area contributed by atoms with Crippen LogP contribution in [0.5, 0.6) is 11.5 Å². The first-order valence-corrected chi connectivity index (χ1v) is 11.6. The molecule has 0 heterocycles. The van der Waals surface area contributed by atoms with E-state index in [2.05, 4.69) is 11.9 Å². The Kier molecular flexibility index (Phi) is 7.85. The highest BCUT2D eigenvalue weighted by molar-refractivity contribution is 7.87. The van der Waals surface area contributed by atoms with E-state index in [1.807, 2.05) is 12.1 Å². The maximum absolute atomic E-state index is 12.8. The van der Waals surface area contributed by atoms with Crippen molar-refractivity contribution in [2.24, 2.45) is 0 Å². The van der Waals surface area contributed by atoms with Gasteiger partial charge >= 0.3 is 10.1 Å². The van der Waals surface area contributed by atoms with Gasteiger partial charge in [0.2, 0.25) is 0 Å². The number of carbonyl (C=O) groups is 1. The van der Waals surface area contributed by atoms with Crippen LogP contribution in [0.1, 0.15) is 11.1 Å². The minimum absolute atomic E-state index is 0.00470. The van der Waals surface area contributed by atoms with Crippen LogP contribution in [0.25, 0.3) is 6.08 Å². The monoisotopic (exact) mass is 474 g/mol. The largest absolute Gasteiger partial charge is 0.493 e. The van der Waals surface area contributed by atoms with E-state index in [0.29, 0.717) is 16.8 Å². The van der Waals surface area contributed by atoms with Crippen LogP contribution < -0.4 is 14.2 Å². The van der Waals surface area contributed by atoms with Crippen molar-refractivity contribution < 1.29 is 22.1 Å². The minimum Gasteiger partial charge on any atom is -0.493 e. The molecule has 0 aliphatic heterocycles. The Labute approximate surface area is 198 Å². The van der Waals surface area contributed by atoms with E-state index in [4.69, 9.17) is 8.92 Å². The number of hydrogen-bond acceptors (Lipinski definition) is 6. The number of anilines is 1. The summed E-state index contributed by atoms with van der Waals surface area (Å²) in [5.74, 6) is -0.438. The number of methoxy groups -OCH3 is 1. The number of para-hydroxylation sites is 1. The van der Waals surface area contributed by atoms with Crippen molar-refractivity contribution in [1.29, 1.82) is 5.26 Å². The van der Waals surface area contributed by atoms with Crippen molar-refractivity contribution in [3.05, 3.63) is 102 Å². The smallest absolute Gasteiger partial charge is 0.339 e. The van der Waals surface area contributed by atoms with Crippen LogP contribution in [-0.2, 0) is 21.3 Å². The first kappa shape index (κ1) is 24.3. The zero-order valence-corrected chi connectivity index (χ0v) is 19.2. The fourth-order valence-corrected chi connectivity index (χ4v) is 4.10. The molecule has 0 atom stereocenters. The molecular weight excluding hydrogens is 452 g/mol. The topological polar surface area (TPSA) is 105 Å². The van der Waals surface area contributed by atoms with Crippen molar-refractivity contribution in [2.45, 2.75) is 11.3 Å². The van der Waals surface area contributed by atoms with Gasteiger partial charge in [0.05, 0.1) is 7.11 Å². The Morgan fingerprint density at radius 2 is 1.74 bits per heavy atom. The third-order valence-corrected chi connectivity index (χ3v) is 5.91. The Morgan fingerprint density at radius 3 is 2.32 bits per heavy atom. The number of allylic oxidation sites excluding steroid dienone is 1. The van der Waals surface area contributed by atoms with Gasteiger partial charge in [-0.25, -0.2) is 0 Å². The molecule has 8 heteroatoms. The number of benzene rings is 3. The fourth-order valence-electron chi connectivity index (χ4n) is 3.10. The van der Waals surface area contributed by atoms with E-state index in [1.165, 1.54) is 31.4 Å². The summed E-state index contributed by atoms with van der Waals surface area (Å²) in [6.07, 6.45) is 3.23. The molecule has 1 N–H and O–H groups in total. The van der Waals surface area contributed by atoms with E-state index in [0.717, 1.165) is 0 Å². The second kappa shape index (κ2) is 11.0. The molecule has 3 aromatic carbocycles. The van der Waals surface area contributed by atoms with Gasteiger partial charge in [-0.2, -0.15) is 13.7 Å². The van der Waals surface area contributed by atoms with Crippen molar-refractivity contribution in [1.82, 2.24) is 0 Å². The van der Waals surface area contributed by atoms with Gasteiger partial charge in [0.25, 0.3) is 5.91 Å². The SMILES string of the molecule is C=CCc1cc(/C=C(\C#N)C(=O)Nc2ccccc2)cc(OC)c1OS(=O)(=O)c1ccccc1. The summed E-state index contributed by atoms with van der Waals surface area (Å²) in [5.41, 5.74) is 1.33. The molecule has 0 aliphatic rings. The Morgan fingerprint density at radius 1 is 1.09 bits per heavy atom. The maximum Gasteiger partial charge on any atom is 0.339 e. The third kappa shape index (κ3) is 5.91. The average molecular weight is 475 g/mol. The van der Waals surface area contributed by atoms with E-state index in [1.54, 1.807) is 54.6 Å². The highest BCUT2D eigenvalue weighted by Crippen LogP contribution is 2.36. The Hall–Kier alpha value is -4.35. The first-order chi connectivity index (χ1) is 16.4. The van der Waals surface area contributed by atoms with Crippen LogP contribution in [0.15, 0.2) is 95.9 Å². The summed E-state index contributed by atoms with van der Waals surface area (Å²) in [7, 11) is -2.75. The Bertz CT molecular complexity index is 1360. The molecule has 3 rings (SSSR count). The van der Waals surface area contributed by atoms with Gasteiger partial charge in [-0.3, -0.25) is 4.79 Å². The van der Waals surface area contributed by atoms with Gasteiger partial charge in [-0.15, -0.1) is 6.58 Å². The zero-order valence-electron chi connectivity index (χ0n) is 18.4. The first-order valence-electron chi connectivity index (χ1n) is 10.2.